The fourth-order valence-electron chi connectivity index (χ4n) is 7.27. The molecule has 10 rings (SSSR count). The Morgan fingerprint density at radius 1 is 0.489 bits per heavy atom. The van der Waals surface area contributed by atoms with Crippen molar-refractivity contribution in [1.82, 2.24) is 0 Å². The highest BCUT2D eigenvalue weighted by molar-refractivity contribution is 7.17. The Morgan fingerprint density at radius 2 is 1.18 bits per heavy atom. The molecule has 0 aliphatic rings. The molecule has 0 saturated carbocycles. The summed E-state index contributed by atoms with van der Waals surface area (Å²) in [7, 11) is 0. The molecule has 7 aromatic carbocycles. The van der Waals surface area contributed by atoms with Gasteiger partial charge in [0.25, 0.3) is 0 Å². The largest absolute Gasteiger partial charge is 0.457 e. The fraction of sp³-hybridized carbons (Fsp3) is 0. The molecule has 3 nitrogen and oxygen atoms in total. The molecule has 10 aromatic rings. The third-order valence-electron chi connectivity index (χ3n) is 9.17. The second-order valence-electron chi connectivity index (χ2n) is 11.5. The van der Waals surface area contributed by atoms with Crippen molar-refractivity contribution < 1.29 is 8.83 Å². The van der Waals surface area contributed by atoms with Gasteiger partial charge in [-0.25, -0.2) is 4.85 Å². The third kappa shape index (κ3) is 3.39. The van der Waals surface area contributed by atoms with Crippen molar-refractivity contribution in [3.05, 3.63) is 138 Å². The molecule has 0 N–H and O–H groups in total. The van der Waals surface area contributed by atoms with Gasteiger partial charge in [-0.05, 0) is 85.6 Å². The molecule has 0 atom stereocenters. The molecule has 0 amide bonds. The predicted octanol–water partition coefficient (Wildman–Crippen LogP) is 12.9. The molecule has 45 heavy (non-hydrogen) atoms. The first kappa shape index (κ1) is 24.5. The lowest BCUT2D eigenvalue weighted by atomic mass is 9.85. The third-order valence-corrected chi connectivity index (χ3v) is 10.1. The van der Waals surface area contributed by atoms with E-state index < -0.39 is 0 Å². The number of fused-ring (bicyclic) bond motifs is 9. The summed E-state index contributed by atoms with van der Waals surface area (Å²) in [6.45, 7) is 7.68. The summed E-state index contributed by atoms with van der Waals surface area (Å²) in [5, 5.41) is 12.2. The van der Waals surface area contributed by atoms with E-state index in [4.69, 9.17) is 15.4 Å². The maximum Gasteiger partial charge on any atom is 0.198 e. The van der Waals surface area contributed by atoms with Crippen LogP contribution in [0.2, 0.25) is 0 Å². The number of thiophene rings is 1. The van der Waals surface area contributed by atoms with E-state index in [1.807, 2.05) is 24.3 Å². The summed E-state index contributed by atoms with van der Waals surface area (Å²) < 4.78 is 14.0. The Bertz CT molecular complexity index is 2840. The summed E-state index contributed by atoms with van der Waals surface area (Å²) in [4.78, 5) is 3.75. The van der Waals surface area contributed by atoms with Gasteiger partial charge in [-0.2, -0.15) is 0 Å². The minimum absolute atomic E-state index is 0.595. The predicted molar refractivity (Wildman–Crippen MR) is 189 cm³/mol. The van der Waals surface area contributed by atoms with E-state index in [1.54, 1.807) is 11.3 Å². The summed E-state index contributed by atoms with van der Waals surface area (Å²) in [5.74, 6) is 0. The van der Waals surface area contributed by atoms with Crippen LogP contribution in [0.25, 0.3) is 103 Å². The van der Waals surface area contributed by atoms with Gasteiger partial charge in [-0.15, -0.1) is 11.3 Å². The summed E-state index contributed by atoms with van der Waals surface area (Å²) in [5.41, 5.74) is 8.47. The number of nitrogens with zero attached hydrogens (tertiary/aromatic N) is 1. The van der Waals surface area contributed by atoms with Crippen molar-refractivity contribution in [3.8, 4) is 22.3 Å². The average molecular weight is 592 g/mol. The van der Waals surface area contributed by atoms with E-state index in [0.717, 1.165) is 49.4 Å². The fourth-order valence-corrected chi connectivity index (χ4v) is 8.08. The average Bonchev–Trinajstić information content (AvgIpc) is 3.80. The van der Waals surface area contributed by atoms with Gasteiger partial charge in [0.15, 0.2) is 5.69 Å². The van der Waals surface area contributed by atoms with Crippen LogP contribution in [0.4, 0.5) is 5.69 Å². The lowest BCUT2D eigenvalue weighted by molar-refractivity contribution is 0.656. The van der Waals surface area contributed by atoms with Crippen LogP contribution in [0.1, 0.15) is 0 Å². The van der Waals surface area contributed by atoms with Crippen LogP contribution in [0.3, 0.4) is 0 Å². The van der Waals surface area contributed by atoms with Gasteiger partial charge in [-0.1, -0.05) is 78.9 Å². The molecule has 208 valence electrons. The smallest absolute Gasteiger partial charge is 0.198 e. The van der Waals surface area contributed by atoms with Crippen molar-refractivity contribution >= 4 is 92.5 Å². The maximum atomic E-state index is 7.68. The van der Waals surface area contributed by atoms with Crippen LogP contribution in [-0.2, 0) is 0 Å². The highest BCUT2D eigenvalue weighted by Gasteiger charge is 2.20. The monoisotopic (exact) mass is 591 g/mol. The molecule has 0 saturated heterocycles. The summed E-state index contributed by atoms with van der Waals surface area (Å²) in [6.07, 6.45) is 0. The highest BCUT2D eigenvalue weighted by atomic mass is 32.1. The highest BCUT2D eigenvalue weighted by Crippen LogP contribution is 2.47. The van der Waals surface area contributed by atoms with E-state index in [0.29, 0.717) is 5.69 Å². The zero-order valence-electron chi connectivity index (χ0n) is 23.8. The van der Waals surface area contributed by atoms with Crippen molar-refractivity contribution in [1.29, 1.82) is 0 Å². The van der Waals surface area contributed by atoms with Crippen LogP contribution in [0.15, 0.2) is 136 Å². The van der Waals surface area contributed by atoms with Gasteiger partial charge in [0.2, 0.25) is 0 Å². The quantitative estimate of drug-likeness (QED) is 0.148. The Morgan fingerprint density at radius 3 is 1.96 bits per heavy atom. The number of furan rings is 2. The maximum absolute atomic E-state index is 7.68. The van der Waals surface area contributed by atoms with Crippen LogP contribution in [0.5, 0.6) is 0 Å². The lowest BCUT2D eigenvalue weighted by Gasteiger charge is -2.18. The van der Waals surface area contributed by atoms with Crippen LogP contribution < -0.4 is 0 Å². The zero-order chi connectivity index (χ0) is 29.6. The molecule has 0 aliphatic carbocycles. The topological polar surface area (TPSA) is 30.6 Å². The van der Waals surface area contributed by atoms with E-state index in [1.165, 1.54) is 48.3 Å². The van der Waals surface area contributed by atoms with Gasteiger partial charge in [-0.3, -0.25) is 0 Å². The molecular formula is C41H21NO2S. The first-order valence-electron chi connectivity index (χ1n) is 14.9. The molecule has 0 fully saturated rings. The second-order valence-corrected chi connectivity index (χ2v) is 12.4. The number of hydrogen-bond donors (Lipinski definition) is 0. The SMILES string of the molecule is [C-]#[N+]c1cccc2oc3cc4oc5cc(-c6c7ccccc7c(-c7cccc8sccc78)c7ccccc67)ccc5c4cc3c12. The first-order valence-corrected chi connectivity index (χ1v) is 15.7. The van der Waals surface area contributed by atoms with Gasteiger partial charge in [0, 0.05) is 37.7 Å². The van der Waals surface area contributed by atoms with E-state index in [9.17, 15) is 0 Å². The molecule has 4 heteroatoms. The molecule has 3 heterocycles. The van der Waals surface area contributed by atoms with Crippen molar-refractivity contribution in [3.63, 3.8) is 0 Å². The Kier molecular flexibility index (Phi) is 4.94. The second kappa shape index (κ2) is 9.06. The van der Waals surface area contributed by atoms with E-state index in [2.05, 4.69) is 107 Å². The van der Waals surface area contributed by atoms with Crippen molar-refractivity contribution in [2.24, 2.45) is 0 Å². The Labute approximate surface area is 261 Å². The molecule has 0 radical (unpaired) electrons. The van der Waals surface area contributed by atoms with E-state index >= 15 is 0 Å². The Hall–Kier alpha value is -5.89. The molecule has 0 unspecified atom stereocenters. The van der Waals surface area contributed by atoms with Crippen molar-refractivity contribution in [2.45, 2.75) is 0 Å². The number of benzene rings is 7. The minimum Gasteiger partial charge on any atom is -0.457 e. The van der Waals surface area contributed by atoms with Gasteiger partial charge in [0.05, 0.1) is 6.57 Å². The molecule has 0 bridgehead atoms. The molecule has 0 aliphatic heterocycles. The normalized spacial score (nSPS) is 12.0. The van der Waals surface area contributed by atoms with Crippen LogP contribution in [0, 0.1) is 6.57 Å². The minimum atomic E-state index is 0.595. The van der Waals surface area contributed by atoms with Gasteiger partial charge >= 0.3 is 0 Å². The first-order chi connectivity index (χ1) is 22.3. The lowest BCUT2D eigenvalue weighted by Crippen LogP contribution is -1.91. The van der Waals surface area contributed by atoms with Crippen LogP contribution in [-0.4, -0.2) is 0 Å². The van der Waals surface area contributed by atoms with Gasteiger partial charge < -0.3 is 8.83 Å². The standard InChI is InChI=1S/C41H21NO2S/c1-42-33-13-7-14-34-41(33)32-21-31-24-17-16-23(20-35(24)44-36(31)22-37(32)43-34)39-27-8-2-4-10-29(27)40(30-11-5-3-9-28(30)39)26-12-6-15-38-25(26)18-19-45-38/h2-22H. The summed E-state index contributed by atoms with van der Waals surface area (Å²) >= 11 is 1.78. The number of hydrogen-bond acceptors (Lipinski definition) is 3. The molecular weight excluding hydrogens is 571 g/mol. The molecule has 3 aromatic heterocycles. The number of rotatable bonds is 2. The van der Waals surface area contributed by atoms with Crippen molar-refractivity contribution in [2.75, 3.05) is 0 Å². The van der Waals surface area contributed by atoms with E-state index in [-0.39, 0.29) is 0 Å². The van der Waals surface area contributed by atoms with Crippen LogP contribution >= 0.6 is 11.3 Å². The zero-order valence-corrected chi connectivity index (χ0v) is 24.6. The molecule has 0 spiro atoms. The Balaban J connectivity index is 1.25. The van der Waals surface area contributed by atoms with Gasteiger partial charge in [0.1, 0.15) is 22.3 Å². The summed E-state index contributed by atoms with van der Waals surface area (Å²) in [6, 6.07) is 42.6.